The van der Waals surface area contributed by atoms with E-state index in [0.717, 1.165) is 5.69 Å². The number of rotatable bonds is 5. The Kier molecular flexibility index (Phi) is 3.56. The first-order valence-electron chi connectivity index (χ1n) is 5.14. The zero-order valence-electron chi connectivity index (χ0n) is 9.40. The molecule has 0 fully saturated rings. The summed E-state index contributed by atoms with van der Waals surface area (Å²) in [5.41, 5.74) is 1.41. The molecule has 0 bridgehead atoms. The van der Waals surface area contributed by atoms with E-state index < -0.39 is 5.97 Å². The summed E-state index contributed by atoms with van der Waals surface area (Å²) < 4.78 is 9.80. The summed E-state index contributed by atoms with van der Waals surface area (Å²) in [5.74, 6) is 0.290. The van der Waals surface area contributed by atoms with Gasteiger partial charge in [-0.1, -0.05) is 0 Å². The van der Waals surface area contributed by atoms with Crippen LogP contribution in [0.15, 0.2) is 29.0 Å². The molecule has 0 unspecified atom stereocenters. The highest BCUT2D eigenvalue weighted by molar-refractivity contribution is 5.88. The van der Waals surface area contributed by atoms with Crippen molar-refractivity contribution < 1.29 is 13.9 Å². The van der Waals surface area contributed by atoms with Gasteiger partial charge in [0.25, 0.3) is 0 Å². The number of aromatic nitrogens is 2. The molecular formula is C11H13N3O3. The molecule has 0 aliphatic rings. The maximum Gasteiger partial charge on any atom is 0.341 e. The quantitative estimate of drug-likeness (QED) is 0.758. The molecule has 2 aromatic heterocycles. The predicted molar refractivity (Wildman–Crippen MR) is 59.2 cm³/mol. The van der Waals surface area contributed by atoms with Crippen molar-refractivity contribution in [1.29, 1.82) is 0 Å². The summed E-state index contributed by atoms with van der Waals surface area (Å²) in [6.07, 6.45) is 3.08. The Hall–Kier alpha value is -2.08. The third-order valence-electron chi connectivity index (χ3n) is 2.25. The number of nitrogens with one attached hydrogen (secondary N) is 2. The number of carbonyl (C=O) groups is 1. The van der Waals surface area contributed by atoms with Gasteiger partial charge in [-0.05, 0) is 12.1 Å². The molecule has 0 spiro atoms. The van der Waals surface area contributed by atoms with E-state index in [0.29, 0.717) is 24.4 Å². The Bertz CT molecular complexity index is 476. The van der Waals surface area contributed by atoms with Crippen molar-refractivity contribution in [3.63, 3.8) is 0 Å². The first kappa shape index (κ1) is 11.4. The second kappa shape index (κ2) is 5.31. The number of furan rings is 1. The number of H-pyrrole nitrogens is 1. The monoisotopic (exact) mass is 235 g/mol. The summed E-state index contributed by atoms with van der Waals surface area (Å²) in [5, 5.41) is 9.83. The molecule has 2 N–H and O–H groups in total. The van der Waals surface area contributed by atoms with E-state index in [1.54, 1.807) is 12.3 Å². The van der Waals surface area contributed by atoms with Crippen LogP contribution in [-0.2, 0) is 17.8 Å². The van der Waals surface area contributed by atoms with Crippen molar-refractivity contribution in [2.45, 2.75) is 13.1 Å². The van der Waals surface area contributed by atoms with Crippen LogP contribution in [0.3, 0.4) is 0 Å². The second-order valence-corrected chi connectivity index (χ2v) is 3.48. The van der Waals surface area contributed by atoms with E-state index >= 15 is 0 Å². The molecule has 0 aliphatic heterocycles. The molecule has 0 aromatic carbocycles. The molecule has 0 amide bonds. The van der Waals surface area contributed by atoms with Gasteiger partial charge in [0.15, 0.2) is 0 Å². The number of carbonyl (C=O) groups excluding carboxylic acids is 1. The van der Waals surface area contributed by atoms with Crippen molar-refractivity contribution in [3.05, 3.63) is 41.6 Å². The van der Waals surface area contributed by atoms with Crippen molar-refractivity contribution in [2.24, 2.45) is 0 Å². The van der Waals surface area contributed by atoms with Gasteiger partial charge < -0.3 is 14.5 Å². The van der Waals surface area contributed by atoms with Gasteiger partial charge in [-0.2, -0.15) is 5.10 Å². The van der Waals surface area contributed by atoms with Crippen LogP contribution in [0.4, 0.5) is 0 Å². The van der Waals surface area contributed by atoms with E-state index in [-0.39, 0.29) is 0 Å². The van der Waals surface area contributed by atoms with Gasteiger partial charge in [0.1, 0.15) is 12.0 Å². The Morgan fingerprint density at radius 1 is 1.59 bits per heavy atom. The average Bonchev–Trinajstić information content (AvgIpc) is 2.99. The van der Waals surface area contributed by atoms with E-state index in [9.17, 15) is 4.79 Å². The first-order chi connectivity index (χ1) is 8.29. The fourth-order valence-electron chi connectivity index (χ4n) is 1.40. The molecule has 2 rings (SSSR count). The summed E-state index contributed by atoms with van der Waals surface area (Å²) in [6, 6.07) is 3.54. The van der Waals surface area contributed by atoms with Crippen LogP contribution < -0.4 is 5.32 Å². The minimum absolute atomic E-state index is 0.395. The summed E-state index contributed by atoms with van der Waals surface area (Å²) in [7, 11) is 1.34. The number of esters is 1. The smallest absolute Gasteiger partial charge is 0.341 e. The molecule has 0 saturated heterocycles. The van der Waals surface area contributed by atoms with Crippen molar-refractivity contribution in [1.82, 2.24) is 15.5 Å². The largest absolute Gasteiger partial charge is 0.467 e. The summed E-state index contributed by atoms with van der Waals surface area (Å²) >= 11 is 0. The van der Waals surface area contributed by atoms with Gasteiger partial charge in [0.2, 0.25) is 0 Å². The molecular weight excluding hydrogens is 222 g/mol. The summed E-state index contributed by atoms with van der Waals surface area (Å²) in [4.78, 5) is 11.2. The highest BCUT2D eigenvalue weighted by Crippen LogP contribution is 2.08. The van der Waals surface area contributed by atoms with E-state index in [1.165, 1.54) is 13.4 Å². The van der Waals surface area contributed by atoms with Crippen molar-refractivity contribution >= 4 is 5.97 Å². The van der Waals surface area contributed by atoms with Gasteiger partial charge in [0, 0.05) is 18.4 Å². The van der Waals surface area contributed by atoms with Gasteiger partial charge in [0.05, 0.1) is 19.2 Å². The Morgan fingerprint density at radius 2 is 2.47 bits per heavy atom. The molecule has 0 radical (unpaired) electrons. The standard InChI is InChI=1S/C11H13N3O3/c1-16-11(15)8-4-10(17-7-8)6-12-5-9-2-3-13-14-9/h2-4,7,12H,5-6H2,1H3,(H,13,14). The van der Waals surface area contributed by atoms with Crippen LogP contribution in [0.1, 0.15) is 21.8 Å². The Labute approximate surface area is 98.0 Å². The number of ether oxygens (including phenoxy) is 1. The van der Waals surface area contributed by atoms with Crippen LogP contribution in [0, 0.1) is 0 Å². The molecule has 2 aromatic rings. The van der Waals surface area contributed by atoms with Crippen molar-refractivity contribution in [3.8, 4) is 0 Å². The van der Waals surface area contributed by atoms with Crippen LogP contribution in [0.5, 0.6) is 0 Å². The fourth-order valence-corrected chi connectivity index (χ4v) is 1.40. The highest BCUT2D eigenvalue weighted by Gasteiger charge is 2.09. The molecule has 0 saturated carbocycles. The lowest BCUT2D eigenvalue weighted by Crippen LogP contribution is -2.12. The lowest BCUT2D eigenvalue weighted by molar-refractivity contribution is 0.0600. The zero-order chi connectivity index (χ0) is 12.1. The maximum atomic E-state index is 11.2. The minimum atomic E-state index is -0.395. The SMILES string of the molecule is COC(=O)c1coc(CNCc2ccn[nH]2)c1. The molecule has 2 heterocycles. The number of hydrogen-bond acceptors (Lipinski definition) is 5. The van der Waals surface area contributed by atoms with Crippen LogP contribution in [0.25, 0.3) is 0 Å². The molecule has 90 valence electrons. The lowest BCUT2D eigenvalue weighted by atomic mass is 10.3. The fraction of sp³-hybridized carbons (Fsp3) is 0.273. The number of nitrogens with zero attached hydrogens (tertiary/aromatic N) is 1. The third-order valence-corrected chi connectivity index (χ3v) is 2.25. The molecule has 0 aliphatic carbocycles. The first-order valence-corrected chi connectivity index (χ1v) is 5.14. The van der Waals surface area contributed by atoms with Gasteiger partial charge >= 0.3 is 5.97 Å². The van der Waals surface area contributed by atoms with Gasteiger partial charge in [-0.25, -0.2) is 4.79 Å². The summed E-state index contributed by atoms with van der Waals surface area (Å²) in [6.45, 7) is 1.20. The van der Waals surface area contributed by atoms with E-state index in [2.05, 4.69) is 20.3 Å². The predicted octanol–water partition coefficient (Wildman–Crippen LogP) is 1.08. The third kappa shape index (κ3) is 2.94. The number of hydrogen-bond donors (Lipinski definition) is 2. The normalized spacial score (nSPS) is 10.4. The molecule has 6 heteroatoms. The average molecular weight is 235 g/mol. The lowest BCUT2D eigenvalue weighted by Gasteiger charge is -1.99. The molecule has 6 nitrogen and oxygen atoms in total. The minimum Gasteiger partial charge on any atom is -0.467 e. The van der Waals surface area contributed by atoms with Crippen LogP contribution >= 0.6 is 0 Å². The highest BCUT2D eigenvalue weighted by atomic mass is 16.5. The molecule has 0 atom stereocenters. The Balaban J connectivity index is 1.83. The Morgan fingerprint density at radius 3 is 3.18 bits per heavy atom. The van der Waals surface area contributed by atoms with Crippen molar-refractivity contribution in [2.75, 3.05) is 7.11 Å². The molecule has 17 heavy (non-hydrogen) atoms. The van der Waals surface area contributed by atoms with Gasteiger partial charge in [-0.15, -0.1) is 0 Å². The second-order valence-electron chi connectivity index (χ2n) is 3.48. The van der Waals surface area contributed by atoms with Crippen LogP contribution in [-0.4, -0.2) is 23.3 Å². The topological polar surface area (TPSA) is 80.2 Å². The van der Waals surface area contributed by atoms with E-state index in [4.69, 9.17) is 4.42 Å². The zero-order valence-corrected chi connectivity index (χ0v) is 9.40. The number of methoxy groups -OCH3 is 1. The number of aromatic amines is 1. The van der Waals surface area contributed by atoms with Crippen LogP contribution in [0.2, 0.25) is 0 Å². The van der Waals surface area contributed by atoms with E-state index in [1.807, 2.05) is 6.07 Å². The van der Waals surface area contributed by atoms with Gasteiger partial charge in [-0.3, -0.25) is 5.10 Å². The maximum absolute atomic E-state index is 11.2.